The number of anilines is 1. The fourth-order valence-corrected chi connectivity index (χ4v) is 2.14. The Labute approximate surface area is 119 Å². The Balaban J connectivity index is 2.20. The first-order chi connectivity index (χ1) is 9.22. The predicted octanol–water partition coefficient (Wildman–Crippen LogP) is 2.84. The largest absolute Gasteiger partial charge is 0.360 e. The minimum absolute atomic E-state index is 0.00916. The molecule has 5 nitrogen and oxygen atoms in total. The van der Waals surface area contributed by atoms with Gasteiger partial charge in [-0.25, -0.2) is 0 Å². The zero-order valence-electron chi connectivity index (χ0n) is 9.89. The molecule has 1 aliphatic rings. The number of nitrogens with zero attached hydrogens (tertiary/aromatic N) is 2. The molecule has 0 unspecified atom stereocenters. The molecule has 1 N–H and O–H groups in total. The van der Waals surface area contributed by atoms with Crippen molar-refractivity contribution in [2.75, 3.05) is 18.5 Å². The molecule has 1 aromatic carbocycles. The lowest BCUT2D eigenvalue weighted by atomic mass is 10.2. The number of hydrogen-bond acceptors (Lipinski definition) is 5. The van der Waals surface area contributed by atoms with Crippen LogP contribution in [0, 0.1) is 22.7 Å². The summed E-state index contributed by atoms with van der Waals surface area (Å²) in [6.45, 7) is 1.15. The van der Waals surface area contributed by atoms with E-state index in [0.29, 0.717) is 13.2 Å². The highest BCUT2D eigenvalue weighted by molar-refractivity contribution is 9.10. The average molecular weight is 320 g/mol. The Bertz CT molecular complexity index is 565. The maximum atomic E-state index is 8.66. The van der Waals surface area contributed by atoms with Crippen molar-refractivity contribution in [3.63, 3.8) is 0 Å². The van der Waals surface area contributed by atoms with Gasteiger partial charge in [-0.05, 0) is 18.2 Å². The van der Waals surface area contributed by atoms with Gasteiger partial charge >= 0.3 is 0 Å². The van der Waals surface area contributed by atoms with Crippen molar-refractivity contribution in [3.05, 3.63) is 40.0 Å². The number of rotatable bonds is 3. The molecule has 0 bridgehead atoms. The molecule has 0 spiro atoms. The van der Waals surface area contributed by atoms with Gasteiger partial charge in [-0.1, -0.05) is 15.9 Å². The van der Waals surface area contributed by atoms with Crippen molar-refractivity contribution in [1.82, 2.24) is 0 Å². The van der Waals surface area contributed by atoms with Gasteiger partial charge in [-0.3, -0.25) is 0 Å². The van der Waals surface area contributed by atoms with Gasteiger partial charge in [0, 0.05) is 21.9 Å². The number of nitrogens with one attached hydrogen (secondary N) is 1. The molecule has 6 heteroatoms. The molecule has 0 saturated carbocycles. The third kappa shape index (κ3) is 3.55. The normalized spacial score (nSPS) is 14.5. The lowest BCUT2D eigenvalue weighted by Crippen LogP contribution is -1.99. The monoisotopic (exact) mass is 319 g/mol. The number of hydrogen-bond donors (Lipinski definition) is 1. The van der Waals surface area contributed by atoms with Gasteiger partial charge in [0.2, 0.25) is 0 Å². The highest BCUT2D eigenvalue weighted by Crippen LogP contribution is 2.29. The SMILES string of the molecule is N#CC(C#N)=CNc1cc(Br)cc(C2OCCO2)c1. The Kier molecular flexibility index (Phi) is 4.53. The summed E-state index contributed by atoms with van der Waals surface area (Å²) in [5.41, 5.74) is 1.62. The van der Waals surface area contributed by atoms with Crippen molar-refractivity contribution in [3.8, 4) is 12.1 Å². The quantitative estimate of drug-likeness (QED) is 0.867. The lowest BCUT2D eigenvalue weighted by molar-refractivity contribution is -0.0441. The van der Waals surface area contributed by atoms with E-state index in [1.807, 2.05) is 18.2 Å². The van der Waals surface area contributed by atoms with E-state index in [9.17, 15) is 0 Å². The Morgan fingerprint density at radius 1 is 1.26 bits per heavy atom. The molecule has 1 fully saturated rings. The van der Waals surface area contributed by atoms with Crippen LogP contribution in [0.4, 0.5) is 5.69 Å². The van der Waals surface area contributed by atoms with E-state index in [1.165, 1.54) is 6.20 Å². The van der Waals surface area contributed by atoms with Crippen molar-refractivity contribution in [2.24, 2.45) is 0 Å². The summed E-state index contributed by atoms with van der Waals surface area (Å²) in [6, 6.07) is 9.15. The van der Waals surface area contributed by atoms with Gasteiger partial charge in [0.05, 0.1) is 13.2 Å². The molecule has 0 aromatic heterocycles. The predicted molar refractivity (Wildman–Crippen MR) is 71.7 cm³/mol. The summed E-state index contributed by atoms with van der Waals surface area (Å²) in [6.07, 6.45) is 0.996. The van der Waals surface area contributed by atoms with E-state index in [0.717, 1.165) is 15.7 Å². The first-order valence-corrected chi connectivity index (χ1v) is 6.33. The number of allylic oxidation sites excluding steroid dienone is 1. The van der Waals surface area contributed by atoms with Crippen LogP contribution in [0.3, 0.4) is 0 Å². The number of benzene rings is 1. The number of ether oxygens (including phenoxy) is 2. The van der Waals surface area contributed by atoms with Crippen molar-refractivity contribution >= 4 is 21.6 Å². The summed E-state index contributed by atoms with van der Waals surface area (Å²) in [5.74, 6) is 0. The highest BCUT2D eigenvalue weighted by Gasteiger charge is 2.18. The van der Waals surface area contributed by atoms with E-state index >= 15 is 0 Å². The van der Waals surface area contributed by atoms with Crippen LogP contribution in [0.1, 0.15) is 11.9 Å². The second kappa shape index (κ2) is 6.35. The van der Waals surface area contributed by atoms with Crippen LogP contribution in [-0.4, -0.2) is 13.2 Å². The Morgan fingerprint density at radius 2 is 1.95 bits per heavy atom. The second-order valence-electron chi connectivity index (χ2n) is 3.77. The maximum absolute atomic E-state index is 8.66. The molecule has 19 heavy (non-hydrogen) atoms. The van der Waals surface area contributed by atoms with Crippen LogP contribution in [0.5, 0.6) is 0 Å². The van der Waals surface area contributed by atoms with Gasteiger partial charge in [0.25, 0.3) is 0 Å². The molecular weight excluding hydrogens is 310 g/mol. The molecular formula is C13H10BrN3O2. The van der Waals surface area contributed by atoms with Gasteiger partial charge in [-0.15, -0.1) is 0 Å². The zero-order valence-corrected chi connectivity index (χ0v) is 11.5. The third-order valence-corrected chi connectivity index (χ3v) is 2.90. The summed E-state index contributed by atoms with van der Waals surface area (Å²) >= 11 is 3.40. The van der Waals surface area contributed by atoms with E-state index < -0.39 is 0 Å². The molecule has 1 heterocycles. The highest BCUT2D eigenvalue weighted by atomic mass is 79.9. The van der Waals surface area contributed by atoms with Gasteiger partial charge in [0.1, 0.15) is 17.7 Å². The van der Waals surface area contributed by atoms with Crippen molar-refractivity contribution in [1.29, 1.82) is 10.5 Å². The third-order valence-electron chi connectivity index (χ3n) is 2.44. The molecule has 1 aliphatic heterocycles. The molecule has 0 aliphatic carbocycles. The van der Waals surface area contributed by atoms with Crippen molar-refractivity contribution < 1.29 is 9.47 Å². The summed E-state index contributed by atoms with van der Waals surface area (Å²) in [7, 11) is 0. The molecule has 1 aromatic rings. The average Bonchev–Trinajstić information content (AvgIpc) is 2.93. The van der Waals surface area contributed by atoms with Crippen LogP contribution in [-0.2, 0) is 9.47 Å². The van der Waals surface area contributed by atoms with Crippen LogP contribution in [0.15, 0.2) is 34.4 Å². The van der Waals surface area contributed by atoms with Crippen LogP contribution in [0.2, 0.25) is 0 Å². The van der Waals surface area contributed by atoms with Gasteiger partial charge in [-0.2, -0.15) is 10.5 Å². The number of nitriles is 2. The van der Waals surface area contributed by atoms with Crippen molar-refractivity contribution in [2.45, 2.75) is 6.29 Å². The molecule has 0 radical (unpaired) electrons. The van der Waals surface area contributed by atoms with E-state index in [1.54, 1.807) is 12.1 Å². The van der Waals surface area contributed by atoms with Gasteiger partial charge < -0.3 is 14.8 Å². The second-order valence-corrected chi connectivity index (χ2v) is 4.69. The minimum Gasteiger partial charge on any atom is -0.360 e. The Hall–Kier alpha value is -1.86. The van der Waals surface area contributed by atoms with Gasteiger partial charge in [0.15, 0.2) is 6.29 Å². The Morgan fingerprint density at radius 3 is 2.58 bits per heavy atom. The first-order valence-electron chi connectivity index (χ1n) is 5.53. The maximum Gasteiger partial charge on any atom is 0.184 e. The smallest absolute Gasteiger partial charge is 0.184 e. The first kappa shape index (κ1) is 13.6. The fourth-order valence-electron chi connectivity index (χ4n) is 1.63. The molecule has 96 valence electrons. The van der Waals surface area contributed by atoms with Crippen LogP contribution in [0.25, 0.3) is 0 Å². The molecule has 0 atom stereocenters. The topological polar surface area (TPSA) is 78.1 Å². The van der Waals surface area contributed by atoms with Crippen LogP contribution >= 0.6 is 15.9 Å². The fraction of sp³-hybridized carbons (Fsp3) is 0.231. The van der Waals surface area contributed by atoms with E-state index in [2.05, 4.69) is 21.2 Å². The standard InChI is InChI=1S/C13H10BrN3O2/c14-11-3-10(13-18-1-2-19-13)4-12(5-11)17-8-9(6-15)7-16/h3-5,8,13,17H,1-2H2. The minimum atomic E-state index is -0.367. The lowest BCUT2D eigenvalue weighted by Gasteiger charge is -2.12. The molecule has 2 rings (SSSR count). The summed E-state index contributed by atoms with van der Waals surface area (Å²) in [4.78, 5) is 0. The zero-order chi connectivity index (χ0) is 13.7. The molecule has 0 amide bonds. The number of halogens is 1. The van der Waals surface area contributed by atoms with E-state index in [-0.39, 0.29) is 11.9 Å². The van der Waals surface area contributed by atoms with Crippen LogP contribution < -0.4 is 5.32 Å². The molecule has 1 saturated heterocycles. The summed E-state index contributed by atoms with van der Waals surface area (Å²) in [5, 5.41) is 20.2. The summed E-state index contributed by atoms with van der Waals surface area (Å²) < 4.78 is 11.7. The van der Waals surface area contributed by atoms with E-state index in [4.69, 9.17) is 20.0 Å².